The van der Waals surface area contributed by atoms with Crippen molar-refractivity contribution >= 4 is 11.2 Å². The van der Waals surface area contributed by atoms with Crippen molar-refractivity contribution in [1.82, 2.24) is 18.7 Å². The number of aromatic nitrogens is 4. The minimum Gasteiger partial charge on any atom is -0.330 e. The highest BCUT2D eigenvalue weighted by atomic mass is 16.2. The van der Waals surface area contributed by atoms with E-state index in [0.717, 1.165) is 36.1 Å². The Kier molecular flexibility index (Phi) is 4.08. The lowest BCUT2D eigenvalue weighted by atomic mass is 10.2. The summed E-state index contributed by atoms with van der Waals surface area (Å²) in [6.45, 7) is 0.692. The van der Waals surface area contributed by atoms with Crippen molar-refractivity contribution in [3.63, 3.8) is 0 Å². The summed E-state index contributed by atoms with van der Waals surface area (Å²) in [7, 11) is 4.94. The second kappa shape index (κ2) is 5.62. The van der Waals surface area contributed by atoms with Crippen LogP contribution in [0.5, 0.6) is 0 Å². The summed E-state index contributed by atoms with van der Waals surface area (Å²) in [5.74, 6) is 0.829. The summed E-state index contributed by atoms with van der Waals surface area (Å²) in [6.07, 6.45) is 3.78. The van der Waals surface area contributed by atoms with Crippen LogP contribution in [-0.4, -0.2) is 25.2 Å². The van der Waals surface area contributed by atoms with E-state index in [1.54, 1.807) is 11.6 Å². The lowest BCUT2D eigenvalue weighted by molar-refractivity contribution is 0.655. The molecule has 0 spiro atoms. The Bertz CT molecular complexity index is 738. The number of nitrogens with zero attached hydrogens (tertiary/aromatic N) is 4. The quantitative estimate of drug-likeness (QED) is 0.757. The van der Waals surface area contributed by atoms with Crippen LogP contribution in [0.2, 0.25) is 0 Å². The van der Waals surface area contributed by atoms with Gasteiger partial charge in [-0.25, -0.2) is 9.78 Å². The van der Waals surface area contributed by atoms with Gasteiger partial charge < -0.3 is 10.3 Å². The Morgan fingerprint density at radius 2 is 1.70 bits per heavy atom. The molecule has 0 bridgehead atoms. The van der Waals surface area contributed by atoms with Gasteiger partial charge in [-0.1, -0.05) is 6.42 Å². The number of aryl methyl sites for hydroxylation is 3. The Balaban J connectivity index is 2.48. The molecule has 0 aliphatic rings. The number of hydrogen-bond donors (Lipinski definition) is 1. The molecule has 7 heteroatoms. The summed E-state index contributed by atoms with van der Waals surface area (Å²) < 4.78 is 4.32. The molecule has 0 saturated carbocycles. The van der Waals surface area contributed by atoms with Gasteiger partial charge in [-0.05, 0) is 19.4 Å². The van der Waals surface area contributed by atoms with Gasteiger partial charge in [0.25, 0.3) is 5.56 Å². The van der Waals surface area contributed by atoms with E-state index in [2.05, 4.69) is 4.98 Å². The zero-order valence-electron chi connectivity index (χ0n) is 12.2. The molecule has 7 nitrogen and oxygen atoms in total. The van der Waals surface area contributed by atoms with Crippen LogP contribution in [0.15, 0.2) is 9.59 Å². The van der Waals surface area contributed by atoms with Crippen LogP contribution in [0, 0.1) is 0 Å². The van der Waals surface area contributed by atoms with Gasteiger partial charge in [-0.3, -0.25) is 13.9 Å². The number of imidazole rings is 1. The molecule has 2 aromatic rings. The predicted octanol–water partition coefficient (Wildman–Crippen LogP) is -0.358. The van der Waals surface area contributed by atoms with E-state index >= 15 is 0 Å². The van der Waals surface area contributed by atoms with Gasteiger partial charge in [0, 0.05) is 27.6 Å². The van der Waals surface area contributed by atoms with Gasteiger partial charge in [0.15, 0.2) is 11.2 Å². The van der Waals surface area contributed by atoms with E-state index in [1.165, 1.54) is 11.6 Å². The van der Waals surface area contributed by atoms with Crippen molar-refractivity contribution in [2.45, 2.75) is 25.7 Å². The van der Waals surface area contributed by atoms with Gasteiger partial charge in [-0.2, -0.15) is 0 Å². The lowest BCUT2D eigenvalue weighted by Crippen LogP contribution is -2.37. The number of unbranched alkanes of at least 4 members (excludes halogenated alkanes) is 2. The molecule has 2 aromatic heterocycles. The molecular formula is C13H21N5O2. The van der Waals surface area contributed by atoms with Crippen molar-refractivity contribution in [1.29, 1.82) is 0 Å². The number of hydrogen-bond acceptors (Lipinski definition) is 4. The monoisotopic (exact) mass is 279 g/mol. The smallest absolute Gasteiger partial charge is 0.330 e. The third-order valence-electron chi connectivity index (χ3n) is 3.67. The molecule has 0 saturated heterocycles. The summed E-state index contributed by atoms with van der Waals surface area (Å²) in [5.41, 5.74) is 5.75. The molecule has 2 heterocycles. The third-order valence-corrected chi connectivity index (χ3v) is 3.67. The van der Waals surface area contributed by atoms with E-state index in [0.29, 0.717) is 17.7 Å². The zero-order chi connectivity index (χ0) is 14.9. The topological polar surface area (TPSA) is 87.8 Å². The average Bonchev–Trinajstić information content (AvgIpc) is 2.76. The standard InChI is InChI=1S/C13H21N5O2/c1-16-9(7-5-4-6-8-14)15-11-10(16)12(19)18(3)13(20)17(11)2/h4-8,14H2,1-3H3. The minimum absolute atomic E-state index is 0.300. The van der Waals surface area contributed by atoms with Gasteiger partial charge >= 0.3 is 5.69 Å². The SMILES string of the molecule is Cn1c(=O)c2c(nc(CCCCCN)n2C)n(C)c1=O. The third kappa shape index (κ3) is 2.29. The first-order valence-corrected chi connectivity index (χ1v) is 6.80. The second-order valence-corrected chi connectivity index (χ2v) is 5.06. The summed E-state index contributed by atoms with van der Waals surface area (Å²) in [5, 5.41) is 0. The Morgan fingerprint density at radius 3 is 2.35 bits per heavy atom. The average molecular weight is 279 g/mol. The summed E-state index contributed by atoms with van der Waals surface area (Å²) >= 11 is 0. The highest BCUT2D eigenvalue weighted by Crippen LogP contribution is 2.11. The molecule has 0 aliphatic heterocycles. The molecule has 0 amide bonds. The van der Waals surface area contributed by atoms with E-state index in [9.17, 15) is 9.59 Å². The number of fused-ring (bicyclic) bond motifs is 1. The van der Waals surface area contributed by atoms with Gasteiger partial charge in [0.1, 0.15) is 5.82 Å². The normalized spacial score (nSPS) is 11.4. The van der Waals surface area contributed by atoms with Crippen LogP contribution < -0.4 is 17.0 Å². The van der Waals surface area contributed by atoms with Gasteiger partial charge in [0.2, 0.25) is 0 Å². The molecule has 0 unspecified atom stereocenters. The van der Waals surface area contributed by atoms with Crippen molar-refractivity contribution in [3.05, 3.63) is 26.7 Å². The molecular weight excluding hydrogens is 258 g/mol. The van der Waals surface area contributed by atoms with E-state index in [-0.39, 0.29) is 11.2 Å². The van der Waals surface area contributed by atoms with E-state index in [4.69, 9.17) is 5.73 Å². The maximum absolute atomic E-state index is 12.2. The predicted molar refractivity (Wildman–Crippen MR) is 77.8 cm³/mol. The first-order valence-electron chi connectivity index (χ1n) is 6.80. The molecule has 20 heavy (non-hydrogen) atoms. The maximum atomic E-state index is 12.2. The van der Waals surface area contributed by atoms with Crippen LogP contribution in [0.1, 0.15) is 25.1 Å². The van der Waals surface area contributed by atoms with Crippen molar-refractivity contribution in [2.75, 3.05) is 6.54 Å². The highest BCUT2D eigenvalue weighted by molar-refractivity contribution is 5.70. The van der Waals surface area contributed by atoms with Crippen molar-refractivity contribution < 1.29 is 0 Å². The Labute approximate surface area is 116 Å². The number of nitrogens with two attached hydrogens (primary N) is 1. The van der Waals surface area contributed by atoms with Crippen LogP contribution in [0.4, 0.5) is 0 Å². The highest BCUT2D eigenvalue weighted by Gasteiger charge is 2.16. The molecule has 2 N–H and O–H groups in total. The van der Waals surface area contributed by atoms with Crippen molar-refractivity contribution in [3.8, 4) is 0 Å². The Morgan fingerprint density at radius 1 is 1.00 bits per heavy atom. The molecule has 110 valence electrons. The molecule has 0 radical (unpaired) electrons. The van der Waals surface area contributed by atoms with Crippen LogP contribution in [0.3, 0.4) is 0 Å². The van der Waals surface area contributed by atoms with Crippen molar-refractivity contribution in [2.24, 2.45) is 26.9 Å². The van der Waals surface area contributed by atoms with Gasteiger partial charge in [0.05, 0.1) is 0 Å². The van der Waals surface area contributed by atoms with Crippen LogP contribution in [-0.2, 0) is 27.6 Å². The first-order chi connectivity index (χ1) is 9.49. The molecule has 0 fully saturated rings. The fourth-order valence-electron chi connectivity index (χ4n) is 2.39. The summed E-state index contributed by atoms with van der Waals surface area (Å²) in [6, 6.07) is 0. The number of rotatable bonds is 5. The molecule has 0 aliphatic carbocycles. The molecule has 0 atom stereocenters. The van der Waals surface area contributed by atoms with Crippen LogP contribution >= 0.6 is 0 Å². The van der Waals surface area contributed by atoms with Crippen LogP contribution in [0.25, 0.3) is 11.2 Å². The van der Waals surface area contributed by atoms with Gasteiger partial charge in [-0.15, -0.1) is 0 Å². The first kappa shape index (κ1) is 14.5. The largest absolute Gasteiger partial charge is 0.332 e. The molecule has 0 aromatic carbocycles. The summed E-state index contributed by atoms with van der Waals surface area (Å²) in [4.78, 5) is 28.5. The fourth-order valence-corrected chi connectivity index (χ4v) is 2.39. The molecule has 2 rings (SSSR count). The van der Waals surface area contributed by atoms with E-state index in [1.807, 2.05) is 7.05 Å². The lowest BCUT2D eigenvalue weighted by Gasteiger charge is -2.03. The fraction of sp³-hybridized carbons (Fsp3) is 0.615. The minimum atomic E-state index is -0.352. The Hall–Kier alpha value is -1.89. The maximum Gasteiger partial charge on any atom is 0.332 e. The van der Waals surface area contributed by atoms with E-state index < -0.39 is 0 Å². The zero-order valence-corrected chi connectivity index (χ0v) is 12.2. The second-order valence-electron chi connectivity index (χ2n) is 5.06.